The molecule has 6 heteroatoms. The summed E-state index contributed by atoms with van der Waals surface area (Å²) in [5.41, 5.74) is 4.81. The maximum absolute atomic E-state index is 10.8. The van der Waals surface area contributed by atoms with Gasteiger partial charge in [0.05, 0.1) is 5.92 Å². The van der Waals surface area contributed by atoms with Crippen LogP contribution in [0.3, 0.4) is 0 Å². The smallest absolute Gasteiger partial charge is 0.404 e. The summed E-state index contributed by atoms with van der Waals surface area (Å²) in [6.45, 7) is 0.740. The average molecular weight is 230 g/mol. The number of hydrogen-bond donors (Lipinski definition) is 3. The molecule has 1 rings (SSSR count). The van der Waals surface area contributed by atoms with Gasteiger partial charge < -0.3 is 20.9 Å². The van der Waals surface area contributed by atoms with Gasteiger partial charge in [-0.1, -0.05) is 6.42 Å². The first-order valence-electron chi connectivity index (χ1n) is 5.48. The van der Waals surface area contributed by atoms with Crippen molar-refractivity contribution in [3.63, 3.8) is 0 Å². The number of amides is 1. The lowest BCUT2D eigenvalue weighted by molar-refractivity contribution is -0.143. The van der Waals surface area contributed by atoms with Gasteiger partial charge in [-0.25, -0.2) is 4.79 Å². The minimum absolute atomic E-state index is 0.200. The van der Waals surface area contributed by atoms with Crippen molar-refractivity contribution in [2.45, 2.75) is 31.7 Å². The second-order valence-corrected chi connectivity index (χ2v) is 4.02. The number of nitrogens with two attached hydrogens (primary N) is 1. The largest absolute Gasteiger partial charge is 0.481 e. The van der Waals surface area contributed by atoms with Crippen LogP contribution in [0, 0.1) is 5.92 Å². The summed E-state index contributed by atoms with van der Waals surface area (Å²) in [6, 6.07) is 0.200. The maximum atomic E-state index is 10.8. The molecule has 0 aliphatic heterocycles. The molecule has 1 saturated carbocycles. The number of carboxylic acids is 1. The van der Waals surface area contributed by atoms with E-state index in [4.69, 9.17) is 10.8 Å². The fourth-order valence-electron chi connectivity index (χ4n) is 2.01. The normalized spacial score (nSPS) is 25.0. The third-order valence-electron chi connectivity index (χ3n) is 2.80. The number of hydrogen-bond acceptors (Lipinski definition) is 4. The highest BCUT2D eigenvalue weighted by atomic mass is 16.5. The fourth-order valence-corrected chi connectivity index (χ4v) is 2.01. The fraction of sp³-hybridized carbons (Fsp3) is 0.800. The van der Waals surface area contributed by atoms with E-state index in [0.29, 0.717) is 13.0 Å². The lowest BCUT2D eigenvalue weighted by Gasteiger charge is -2.27. The molecule has 0 aromatic rings. The lowest BCUT2D eigenvalue weighted by Crippen LogP contribution is -2.38. The summed E-state index contributed by atoms with van der Waals surface area (Å²) in [7, 11) is 0. The topological polar surface area (TPSA) is 102 Å². The second-order valence-electron chi connectivity index (χ2n) is 4.02. The van der Waals surface area contributed by atoms with Crippen molar-refractivity contribution in [3.8, 4) is 0 Å². The monoisotopic (exact) mass is 230 g/mol. The van der Waals surface area contributed by atoms with Gasteiger partial charge in [-0.2, -0.15) is 0 Å². The molecule has 1 fully saturated rings. The Kier molecular flexibility index (Phi) is 5.04. The maximum Gasteiger partial charge on any atom is 0.404 e. The van der Waals surface area contributed by atoms with Gasteiger partial charge in [0.15, 0.2) is 0 Å². The van der Waals surface area contributed by atoms with Crippen LogP contribution in [0.15, 0.2) is 0 Å². The summed E-state index contributed by atoms with van der Waals surface area (Å²) >= 11 is 0. The van der Waals surface area contributed by atoms with Gasteiger partial charge in [0.25, 0.3) is 0 Å². The van der Waals surface area contributed by atoms with E-state index in [1.54, 1.807) is 0 Å². The number of ether oxygens (including phenoxy) is 1. The van der Waals surface area contributed by atoms with Crippen molar-refractivity contribution < 1.29 is 19.4 Å². The summed E-state index contributed by atoms with van der Waals surface area (Å²) in [5.74, 6) is -0.969. The molecule has 1 aliphatic carbocycles. The molecule has 2 atom stereocenters. The summed E-state index contributed by atoms with van der Waals surface area (Å²) in [4.78, 5) is 21.1. The van der Waals surface area contributed by atoms with Crippen molar-refractivity contribution in [2.75, 3.05) is 13.2 Å². The Morgan fingerprint density at radius 2 is 2.19 bits per heavy atom. The highest BCUT2D eigenvalue weighted by Gasteiger charge is 2.26. The van der Waals surface area contributed by atoms with Crippen molar-refractivity contribution in [2.24, 2.45) is 11.7 Å². The molecule has 0 aromatic carbocycles. The molecule has 1 amide bonds. The standard InChI is InChI=1S/C10H18N2O4/c11-10(15)16-5-4-12-8-3-1-2-7(6-8)9(13)14/h7-8,12H,1-6H2,(H2,11,15)(H,13,14). The van der Waals surface area contributed by atoms with E-state index in [1.807, 2.05) is 0 Å². The van der Waals surface area contributed by atoms with E-state index in [1.165, 1.54) is 0 Å². The minimum atomic E-state index is -0.783. The zero-order valence-corrected chi connectivity index (χ0v) is 9.15. The first kappa shape index (κ1) is 12.8. The molecule has 4 N–H and O–H groups in total. The van der Waals surface area contributed by atoms with E-state index < -0.39 is 12.1 Å². The highest BCUT2D eigenvalue weighted by molar-refractivity contribution is 5.70. The predicted molar refractivity (Wildman–Crippen MR) is 56.9 cm³/mol. The van der Waals surface area contributed by atoms with Crippen molar-refractivity contribution in [1.29, 1.82) is 0 Å². The molecule has 16 heavy (non-hydrogen) atoms. The summed E-state index contributed by atoms with van der Waals surface area (Å²) in [5, 5.41) is 12.1. The molecule has 0 spiro atoms. The van der Waals surface area contributed by atoms with Crippen LogP contribution in [0.2, 0.25) is 0 Å². The molecule has 0 saturated heterocycles. The Hall–Kier alpha value is -1.30. The lowest BCUT2D eigenvalue weighted by atomic mass is 9.86. The van der Waals surface area contributed by atoms with E-state index >= 15 is 0 Å². The number of primary amides is 1. The van der Waals surface area contributed by atoms with Gasteiger partial charge in [-0.15, -0.1) is 0 Å². The van der Waals surface area contributed by atoms with Gasteiger partial charge in [-0.3, -0.25) is 4.79 Å². The molecule has 0 aromatic heterocycles. The molecule has 0 heterocycles. The quantitative estimate of drug-likeness (QED) is 0.590. The van der Waals surface area contributed by atoms with E-state index in [-0.39, 0.29) is 18.6 Å². The zero-order chi connectivity index (χ0) is 12.0. The SMILES string of the molecule is NC(=O)OCCNC1CCCC(C(=O)O)C1. The molecule has 1 aliphatic rings. The van der Waals surface area contributed by atoms with Crippen LogP contribution in [0.4, 0.5) is 4.79 Å². The highest BCUT2D eigenvalue weighted by Crippen LogP contribution is 2.24. The van der Waals surface area contributed by atoms with Gasteiger partial charge in [0, 0.05) is 12.6 Å². The molecule has 0 radical (unpaired) electrons. The van der Waals surface area contributed by atoms with Gasteiger partial charge in [0.2, 0.25) is 0 Å². The Morgan fingerprint density at radius 3 is 2.81 bits per heavy atom. The summed E-state index contributed by atoms with van der Waals surface area (Å²) < 4.78 is 4.57. The number of nitrogens with one attached hydrogen (secondary N) is 1. The van der Waals surface area contributed by atoms with Crippen LogP contribution < -0.4 is 11.1 Å². The van der Waals surface area contributed by atoms with E-state index in [2.05, 4.69) is 10.1 Å². The summed E-state index contributed by atoms with van der Waals surface area (Å²) in [6.07, 6.45) is 2.51. The number of aliphatic carboxylic acids is 1. The van der Waals surface area contributed by atoms with Gasteiger partial charge >= 0.3 is 12.1 Å². The molecule has 2 unspecified atom stereocenters. The predicted octanol–water partition coefficient (Wildman–Crippen LogP) is 0.315. The number of carbonyl (C=O) groups is 2. The third-order valence-corrected chi connectivity index (χ3v) is 2.80. The van der Waals surface area contributed by atoms with Crippen molar-refractivity contribution in [1.82, 2.24) is 5.32 Å². The van der Waals surface area contributed by atoms with Crippen LogP contribution in [0.25, 0.3) is 0 Å². The van der Waals surface area contributed by atoms with Crippen LogP contribution in [0.5, 0.6) is 0 Å². The minimum Gasteiger partial charge on any atom is -0.481 e. The molecular weight excluding hydrogens is 212 g/mol. The zero-order valence-electron chi connectivity index (χ0n) is 9.15. The third kappa shape index (κ3) is 4.48. The first-order chi connectivity index (χ1) is 7.59. The Balaban J connectivity index is 2.17. The van der Waals surface area contributed by atoms with Crippen molar-refractivity contribution >= 4 is 12.1 Å². The molecule has 6 nitrogen and oxygen atoms in total. The van der Waals surface area contributed by atoms with Crippen LogP contribution in [0.1, 0.15) is 25.7 Å². The Morgan fingerprint density at radius 1 is 1.44 bits per heavy atom. The van der Waals surface area contributed by atoms with Crippen LogP contribution in [-0.2, 0) is 9.53 Å². The van der Waals surface area contributed by atoms with Gasteiger partial charge in [-0.05, 0) is 19.3 Å². The molecular formula is C10H18N2O4. The molecule has 0 bridgehead atoms. The average Bonchev–Trinajstić information content (AvgIpc) is 2.24. The number of rotatable bonds is 5. The van der Waals surface area contributed by atoms with E-state index in [9.17, 15) is 9.59 Å². The first-order valence-corrected chi connectivity index (χ1v) is 5.48. The van der Waals surface area contributed by atoms with Crippen LogP contribution in [-0.4, -0.2) is 36.4 Å². The van der Waals surface area contributed by atoms with Gasteiger partial charge in [0.1, 0.15) is 6.61 Å². The van der Waals surface area contributed by atoms with E-state index in [0.717, 1.165) is 19.3 Å². The second kappa shape index (κ2) is 6.32. The Labute approximate surface area is 94.1 Å². The number of carboxylic acid groups (broad SMARTS) is 1. The number of carbonyl (C=O) groups excluding carboxylic acids is 1. The van der Waals surface area contributed by atoms with Crippen molar-refractivity contribution in [3.05, 3.63) is 0 Å². The Bertz CT molecular complexity index is 257. The molecule has 92 valence electrons. The van der Waals surface area contributed by atoms with Crippen LogP contribution >= 0.6 is 0 Å².